The first-order valence-corrected chi connectivity index (χ1v) is 9.59. The van der Waals surface area contributed by atoms with Crippen molar-refractivity contribution in [1.82, 2.24) is 20.0 Å². The number of primary amides is 1. The number of fused-ring (bicyclic) bond motifs is 1. The molecule has 0 unspecified atom stereocenters. The number of benzene rings is 1. The van der Waals surface area contributed by atoms with Crippen molar-refractivity contribution in [3.63, 3.8) is 0 Å². The SMILES string of the molecule is NC(=O)CN1CCC(NC(=O)c2nn(-c3ccccc3)c3c2CCC3)CC1. The Balaban J connectivity index is 1.46. The van der Waals surface area contributed by atoms with Crippen LogP contribution in [0.1, 0.15) is 41.0 Å². The van der Waals surface area contributed by atoms with Gasteiger partial charge in [0.2, 0.25) is 5.91 Å². The van der Waals surface area contributed by atoms with Gasteiger partial charge in [0.05, 0.1) is 12.2 Å². The van der Waals surface area contributed by atoms with Crippen LogP contribution in [-0.4, -0.2) is 52.2 Å². The normalized spacial score (nSPS) is 17.6. The van der Waals surface area contributed by atoms with Gasteiger partial charge in [-0.05, 0) is 44.2 Å². The molecule has 0 spiro atoms. The van der Waals surface area contributed by atoms with Crippen molar-refractivity contribution in [2.24, 2.45) is 5.73 Å². The molecule has 1 aliphatic carbocycles. The number of hydrogen-bond donors (Lipinski definition) is 2. The third-order valence-corrected chi connectivity index (χ3v) is 5.45. The Kier molecular flexibility index (Phi) is 4.94. The third-order valence-electron chi connectivity index (χ3n) is 5.45. The van der Waals surface area contributed by atoms with E-state index in [9.17, 15) is 9.59 Å². The van der Waals surface area contributed by atoms with E-state index in [1.54, 1.807) is 0 Å². The minimum atomic E-state index is -0.306. The Morgan fingerprint density at radius 1 is 1.15 bits per heavy atom. The van der Waals surface area contributed by atoms with Crippen LogP contribution in [0.5, 0.6) is 0 Å². The summed E-state index contributed by atoms with van der Waals surface area (Å²) < 4.78 is 1.92. The van der Waals surface area contributed by atoms with Crippen molar-refractivity contribution in [2.45, 2.75) is 38.1 Å². The second kappa shape index (κ2) is 7.52. The van der Waals surface area contributed by atoms with Gasteiger partial charge in [0.15, 0.2) is 5.69 Å². The maximum absolute atomic E-state index is 12.9. The lowest BCUT2D eigenvalue weighted by Crippen LogP contribution is -2.46. The van der Waals surface area contributed by atoms with Gasteiger partial charge in [-0.25, -0.2) is 4.68 Å². The summed E-state index contributed by atoms with van der Waals surface area (Å²) in [5, 5.41) is 7.80. The van der Waals surface area contributed by atoms with Crippen LogP contribution in [0.4, 0.5) is 0 Å². The van der Waals surface area contributed by atoms with Gasteiger partial charge in [-0.3, -0.25) is 14.5 Å². The Morgan fingerprint density at radius 2 is 1.89 bits per heavy atom. The van der Waals surface area contributed by atoms with Crippen molar-refractivity contribution in [2.75, 3.05) is 19.6 Å². The number of aromatic nitrogens is 2. The number of nitrogens with one attached hydrogen (secondary N) is 1. The van der Waals surface area contributed by atoms with Gasteiger partial charge >= 0.3 is 0 Å². The van der Waals surface area contributed by atoms with Crippen LogP contribution < -0.4 is 11.1 Å². The summed E-state index contributed by atoms with van der Waals surface area (Å²) in [4.78, 5) is 26.0. The second-order valence-corrected chi connectivity index (χ2v) is 7.36. The average molecular weight is 367 g/mol. The smallest absolute Gasteiger partial charge is 0.272 e. The van der Waals surface area contributed by atoms with Gasteiger partial charge in [0.1, 0.15) is 0 Å². The molecule has 1 fully saturated rings. The lowest BCUT2D eigenvalue weighted by Gasteiger charge is -2.31. The topological polar surface area (TPSA) is 93.2 Å². The largest absolute Gasteiger partial charge is 0.369 e. The minimum Gasteiger partial charge on any atom is -0.369 e. The Hall–Kier alpha value is -2.67. The molecule has 0 radical (unpaired) electrons. The predicted molar refractivity (Wildman–Crippen MR) is 102 cm³/mol. The molecule has 1 saturated heterocycles. The third kappa shape index (κ3) is 3.73. The molecule has 7 nitrogen and oxygen atoms in total. The van der Waals surface area contributed by atoms with E-state index in [-0.39, 0.29) is 24.4 Å². The highest BCUT2D eigenvalue weighted by Crippen LogP contribution is 2.28. The average Bonchev–Trinajstić information content (AvgIpc) is 3.26. The molecule has 3 N–H and O–H groups in total. The van der Waals surface area contributed by atoms with Crippen molar-refractivity contribution in [3.05, 3.63) is 47.3 Å². The first kappa shape index (κ1) is 17.7. The predicted octanol–water partition coefficient (Wildman–Crippen LogP) is 1.04. The van der Waals surface area contributed by atoms with Gasteiger partial charge in [-0.2, -0.15) is 5.10 Å². The molecule has 0 saturated carbocycles. The summed E-state index contributed by atoms with van der Waals surface area (Å²) in [6.07, 6.45) is 4.56. The molecule has 2 heterocycles. The number of hydrogen-bond acceptors (Lipinski definition) is 4. The van der Waals surface area contributed by atoms with Gasteiger partial charge in [-0.15, -0.1) is 0 Å². The van der Waals surface area contributed by atoms with Crippen LogP contribution in [0.2, 0.25) is 0 Å². The fourth-order valence-electron chi connectivity index (χ4n) is 4.11. The van der Waals surface area contributed by atoms with Crippen LogP contribution in [0.25, 0.3) is 5.69 Å². The van der Waals surface area contributed by atoms with E-state index in [2.05, 4.69) is 10.4 Å². The Bertz CT molecular complexity index is 838. The van der Waals surface area contributed by atoms with E-state index in [0.29, 0.717) is 5.69 Å². The summed E-state index contributed by atoms with van der Waals surface area (Å²) in [6.45, 7) is 1.82. The van der Waals surface area contributed by atoms with E-state index < -0.39 is 0 Å². The maximum atomic E-state index is 12.9. The van der Waals surface area contributed by atoms with E-state index in [1.807, 2.05) is 39.9 Å². The van der Waals surface area contributed by atoms with E-state index in [4.69, 9.17) is 5.73 Å². The second-order valence-electron chi connectivity index (χ2n) is 7.36. The number of para-hydroxylation sites is 1. The molecule has 142 valence electrons. The summed E-state index contributed by atoms with van der Waals surface area (Å²) in [5.74, 6) is -0.393. The van der Waals surface area contributed by atoms with Crippen LogP contribution in [0.15, 0.2) is 30.3 Å². The zero-order chi connectivity index (χ0) is 18.8. The molecule has 2 amide bonds. The van der Waals surface area contributed by atoms with Crippen LogP contribution in [0.3, 0.4) is 0 Å². The summed E-state index contributed by atoms with van der Waals surface area (Å²) in [6, 6.07) is 10.1. The molecule has 1 aromatic carbocycles. The molecule has 1 aliphatic heterocycles. The highest BCUT2D eigenvalue weighted by Gasteiger charge is 2.29. The van der Waals surface area contributed by atoms with Gasteiger partial charge in [0.25, 0.3) is 5.91 Å². The van der Waals surface area contributed by atoms with E-state index in [0.717, 1.165) is 62.1 Å². The van der Waals surface area contributed by atoms with Crippen LogP contribution in [-0.2, 0) is 17.6 Å². The van der Waals surface area contributed by atoms with E-state index >= 15 is 0 Å². The number of rotatable bonds is 5. The standard InChI is InChI=1S/C20H25N5O2/c21-18(26)13-24-11-9-14(10-12-24)22-20(27)19-16-7-4-8-17(16)25(23-19)15-5-2-1-3-6-15/h1-3,5-6,14H,4,7-13H2,(H2,21,26)(H,22,27). The highest BCUT2D eigenvalue weighted by molar-refractivity contribution is 5.94. The molecule has 2 aliphatic rings. The molecule has 7 heteroatoms. The first-order valence-electron chi connectivity index (χ1n) is 9.59. The summed E-state index contributed by atoms with van der Waals surface area (Å²) in [7, 11) is 0. The fraction of sp³-hybridized carbons (Fsp3) is 0.450. The number of likely N-dealkylation sites (tertiary alicyclic amines) is 1. The highest BCUT2D eigenvalue weighted by atomic mass is 16.2. The zero-order valence-electron chi connectivity index (χ0n) is 15.4. The molecule has 4 rings (SSSR count). The molecular formula is C20H25N5O2. The Labute approximate surface area is 158 Å². The number of amides is 2. The lowest BCUT2D eigenvalue weighted by atomic mass is 10.0. The molecule has 0 atom stereocenters. The number of carbonyl (C=O) groups excluding carboxylic acids is 2. The monoisotopic (exact) mass is 367 g/mol. The Morgan fingerprint density at radius 3 is 2.59 bits per heavy atom. The maximum Gasteiger partial charge on any atom is 0.272 e. The number of piperidine rings is 1. The van der Waals surface area contributed by atoms with Crippen LogP contribution in [0, 0.1) is 0 Å². The molecule has 27 heavy (non-hydrogen) atoms. The summed E-state index contributed by atoms with van der Waals surface area (Å²) in [5.41, 5.74) is 9.05. The zero-order valence-corrected chi connectivity index (χ0v) is 15.4. The minimum absolute atomic E-state index is 0.0869. The molecular weight excluding hydrogens is 342 g/mol. The van der Waals surface area contributed by atoms with Crippen LogP contribution >= 0.6 is 0 Å². The van der Waals surface area contributed by atoms with Crippen molar-refractivity contribution in [3.8, 4) is 5.69 Å². The lowest BCUT2D eigenvalue weighted by molar-refractivity contribution is -0.119. The van der Waals surface area contributed by atoms with Crippen molar-refractivity contribution >= 4 is 11.8 Å². The molecule has 0 bridgehead atoms. The van der Waals surface area contributed by atoms with Crippen molar-refractivity contribution in [1.29, 1.82) is 0 Å². The molecule has 1 aromatic heterocycles. The first-order chi connectivity index (χ1) is 13.1. The van der Waals surface area contributed by atoms with Crippen molar-refractivity contribution < 1.29 is 9.59 Å². The fourth-order valence-corrected chi connectivity index (χ4v) is 4.11. The quantitative estimate of drug-likeness (QED) is 0.826. The molecule has 2 aromatic rings. The van der Waals surface area contributed by atoms with Gasteiger partial charge in [0, 0.05) is 30.4 Å². The van der Waals surface area contributed by atoms with Gasteiger partial charge < -0.3 is 11.1 Å². The summed E-state index contributed by atoms with van der Waals surface area (Å²) >= 11 is 0. The number of nitrogens with two attached hydrogens (primary N) is 1. The van der Waals surface area contributed by atoms with E-state index in [1.165, 1.54) is 0 Å². The number of nitrogens with zero attached hydrogens (tertiary/aromatic N) is 3. The van der Waals surface area contributed by atoms with Gasteiger partial charge in [-0.1, -0.05) is 18.2 Å². The number of carbonyl (C=O) groups is 2.